The normalized spacial score (nSPS) is 12.6. The van der Waals surface area contributed by atoms with E-state index in [0.717, 1.165) is 24.3 Å². The lowest BCUT2D eigenvalue weighted by Crippen LogP contribution is -2.07. The molecule has 0 bridgehead atoms. The predicted octanol–water partition coefficient (Wildman–Crippen LogP) is 5.43. The largest absolute Gasteiger partial charge is 0.152 e. The van der Waals surface area contributed by atoms with Crippen molar-refractivity contribution in [3.8, 4) is 0 Å². The van der Waals surface area contributed by atoms with Crippen LogP contribution in [0.3, 0.4) is 0 Å². The zero-order valence-electron chi connectivity index (χ0n) is 10.1. The summed E-state index contributed by atoms with van der Waals surface area (Å²) in [5.74, 6) is 1.25. The number of rotatable bonds is 6. The average Bonchev–Trinajstić information content (AvgIpc) is 2.90. The number of thiophene rings is 1. The highest BCUT2D eigenvalue weighted by Crippen LogP contribution is 2.19. The van der Waals surface area contributed by atoms with Crippen molar-refractivity contribution >= 4 is 34.5 Å². The Morgan fingerprint density at radius 1 is 1.06 bits per heavy atom. The van der Waals surface area contributed by atoms with E-state index in [1.165, 1.54) is 11.1 Å². The highest BCUT2D eigenvalue weighted by atomic mass is 35.5. The predicted molar refractivity (Wildman–Crippen MR) is 82.0 cm³/mol. The first-order valence-corrected chi connectivity index (χ1v) is 7.95. The molecule has 1 aromatic carbocycles. The molecule has 1 heterocycles. The van der Waals surface area contributed by atoms with Gasteiger partial charge in [0.15, 0.2) is 0 Å². The number of hydrogen-bond donors (Lipinski definition) is 0. The Kier molecular flexibility index (Phi) is 5.55. The summed E-state index contributed by atoms with van der Waals surface area (Å²) in [5.41, 5.74) is 2.74. The Balaban J connectivity index is 1.87. The minimum absolute atomic E-state index is 0.535. The number of hydrogen-bond acceptors (Lipinski definition) is 1. The quantitative estimate of drug-likeness (QED) is 0.624. The Morgan fingerprint density at radius 3 is 2.44 bits per heavy atom. The first-order valence-electron chi connectivity index (χ1n) is 6.09. The molecule has 0 fully saturated rings. The Labute approximate surface area is 123 Å². The summed E-state index contributed by atoms with van der Waals surface area (Å²) in [5, 5.41) is 5.14. The Morgan fingerprint density at radius 2 is 1.83 bits per heavy atom. The van der Waals surface area contributed by atoms with Crippen molar-refractivity contribution in [1.82, 2.24) is 0 Å². The van der Waals surface area contributed by atoms with Gasteiger partial charge < -0.3 is 0 Å². The summed E-state index contributed by atoms with van der Waals surface area (Å²) in [6.45, 7) is 0. The molecule has 1 atom stereocenters. The second-order valence-electron chi connectivity index (χ2n) is 4.52. The van der Waals surface area contributed by atoms with Gasteiger partial charge in [-0.1, -0.05) is 23.7 Å². The summed E-state index contributed by atoms with van der Waals surface area (Å²) in [6.07, 6.45) is 3.29. The number of benzene rings is 1. The zero-order valence-corrected chi connectivity index (χ0v) is 12.4. The van der Waals surface area contributed by atoms with Crippen LogP contribution in [-0.4, -0.2) is 5.88 Å². The van der Waals surface area contributed by atoms with Crippen molar-refractivity contribution in [2.45, 2.75) is 19.3 Å². The van der Waals surface area contributed by atoms with Gasteiger partial charge in [0.25, 0.3) is 0 Å². The van der Waals surface area contributed by atoms with Crippen LogP contribution in [0.25, 0.3) is 0 Å². The van der Waals surface area contributed by atoms with Crippen molar-refractivity contribution in [1.29, 1.82) is 0 Å². The van der Waals surface area contributed by atoms with Gasteiger partial charge in [-0.15, -0.1) is 11.6 Å². The molecule has 0 nitrogen and oxygen atoms in total. The van der Waals surface area contributed by atoms with Crippen LogP contribution in [0.4, 0.5) is 0 Å². The van der Waals surface area contributed by atoms with Gasteiger partial charge in [-0.3, -0.25) is 0 Å². The third-order valence-corrected chi connectivity index (χ3v) is 4.50. The fraction of sp³-hybridized carbons (Fsp3) is 0.333. The summed E-state index contributed by atoms with van der Waals surface area (Å²) < 4.78 is 0. The maximum Gasteiger partial charge on any atom is 0.0406 e. The van der Waals surface area contributed by atoms with Crippen LogP contribution in [0.15, 0.2) is 41.1 Å². The first kappa shape index (κ1) is 13.9. The van der Waals surface area contributed by atoms with Crippen molar-refractivity contribution in [2.24, 2.45) is 5.92 Å². The summed E-state index contributed by atoms with van der Waals surface area (Å²) in [7, 11) is 0. The molecule has 0 N–H and O–H groups in total. The standard InChI is InChI=1S/C15H16Cl2S/c16-10-14(2-1-13-7-8-18-11-13)9-12-3-5-15(17)6-4-12/h3-8,11,14H,1-2,9-10H2. The van der Waals surface area contributed by atoms with Gasteiger partial charge in [0, 0.05) is 10.9 Å². The van der Waals surface area contributed by atoms with Crippen LogP contribution in [0, 0.1) is 5.92 Å². The van der Waals surface area contributed by atoms with Gasteiger partial charge in [0.05, 0.1) is 0 Å². The van der Waals surface area contributed by atoms with Crippen molar-refractivity contribution in [3.05, 3.63) is 57.2 Å². The summed E-state index contributed by atoms with van der Waals surface area (Å²) >= 11 is 13.7. The number of halogens is 2. The molecule has 18 heavy (non-hydrogen) atoms. The SMILES string of the molecule is ClCC(CCc1ccsc1)Cc1ccc(Cl)cc1. The molecule has 0 aliphatic carbocycles. The third kappa shape index (κ3) is 4.31. The monoisotopic (exact) mass is 298 g/mol. The molecule has 1 aromatic heterocycles. The molecule has 2 rings (SSSR count). The van der Waals surface area contributed by atoms with E-state index in [0.29, 0.717) is 11.8 Å². The fourth-order valence-corrected chi connectivity index (χ4v) is 3.09. The molecule has 0 aliphatic rings. The molecular weight excluding hydrogens is 283 g/mol. The molecule has 1 unspecified atom stereocenters. The second kappa shape index (κ2) is 7.18. The molecule has 0 saturated heterocycles. The van der Waals surface area contributed by atoms with Crippen molar-refractivity contribution in [3.63, 3.8) is 0 Å². The molecule has 0 aliphatic heterocycles. The van der Waals surface area contributed by atoms with Gasteiger partial charge in [-0.25, -0.2) is 0 Å². The molecule has 0 saturated carbocycles. The van der Waals surface area contributed by atoms with Gasteiger partial charge >= 0.3 is 0 Å². The fourth-order valence-electron chi connectivity index (χ4n) is 1.99. The average molecular weight is 299 g/mol. The molecule has 96 valence electrons. The van der Waals surface area contributed by atoms with Gasteiger partial charge in [-0.05, 0) is 65.3 Å². The number of aryl methyl sites for hydroxylation is 1. The van der Waals surface area contributed by atoms with Crippen LogP contribution in [0.2, 0.25) is 5.02 Å². The van der Waals surface area contributed by atoms with E-state index >= 15 is 0 Å². The lowest BCUT2D eigenvalue weighted by atomic mass is 9.95. The summed E-state index contributed by atoms with van der Waals surface area (Å²) in [6, 6.07) is 10.3. The van der Waals surface area contributed by atoms with E-state index in [2.05, 4.69) is 29.0 Å². The van der Waals surface area contributed by atoms with E-state index in [1.54, 1.807) is 11.3 Å². The van der Waals surface area contributed by atoms with E-state index in [-0.39, 0.29) is 0 Å². The summed E-state index contributed by atoms with van der Waals surface area (Å²) in [4.78, 5) is 0. The van der Waals surface area contributed by atoms with Crippen molar-refractivity contribution in [2.75, 3.05) is 5.88 Å². The number of alkyl halides is 1. The minimum Gasteiger partial charge on any atom is -0.152 e. The maximum atomic E-state index is 6.07. The zero-order chi connectivity index (χ0) is 12.8. The molecule has 0 amide bonds. The molecule has 2 aromatic rings. The highest BCUT2D eigenvalue weighted by Gasteiger charge is 2.09. The van der Waals surface area contributed by atoms with Gasteiger partial charge in [-0.2, -0.15) is 11.3 Å². The van der Waals surface area contributed by atoms with Crippen LogP contribution < -0.4 is 0 Å². The molecule has 0 spiro atoms. The smallest absolute Gasteiger partial charge is 0.0406 e. The topological polar surface area (TPSA) is 0 Å². The van der Waals surface area contributed by atoms with E-state index in [1.807, 2.05) is 12.1 Å². The molecular formula is C15H16Cl2S. The lowest BCUT2D eigenvalue weighted by molar-refractivity contribution is 0.537. The molecule has 3 heteroatoms. The maximum absolute atomic E-state index is 6.07. The second-order valence-corrected chi connectivity index (χ2v) is 6.05. The van der Waals surface area contributed by atoms with Crippen LogP contribution >= 0.6 is 34.5 Å². The minimum atomic E-state index is 0.535. The van der Waals surface area contributed by atoms with Gasteiger partial charge in [0.2, 0.25) is 0 Å². The Bertz CT molecular complexity index is 448. The highest BCUT2D eigenvalue weighted by molar-refractivity contribution is 7.07. The van der Waals surface area contributed by atoms with E-state index < -0.39 is 0 Å². The van der Waals surface area contributed by atoms with Crippen LogP contribution in [0.1, 0.15) is 17.5 Å². The van der Waals surface area contributed by atoms with E-state index in [4.69, 9.17) is 23.2 Å². The van der Waals surface area contributed by atoms with Crippen LogP contribution in [0.5, 0.6) is 0 Å². The molecule has 0 radical (unpaired) electrons. The van der Waals surface area contributed by atoms with Crippen LogP contribution in [-0.2, 0) is 12.8 Å². The van der Waals surface area contributed by atoms with Gasteiger partial charge in [0.1, 0.15) is 0 Å². The van der Waals surface area contributed by atoms with Crippen molar-refractivity contribution < 1.29 is 0 Å². The third-order valence-electron chi connectivity index (χ3n) is 3.08. The Hall–Kier alpha value is -0.500. The lowest BCUT2D eigenvalue weighted by Gasteiger charge is -2.13. The van der Waals surface area contributed by atoms with E-state index in [9.17, 15) is 0 Å². The first-order chi connectivity index (χ1) is 8.78.